The van der Waals surface area contributed by atoms with E-state index in [4.69, 9.17) is 16.3 Å². The number of ether oxygens (including phenoxy) is 1. The van der Waals surface area contributed by atoms with Crippen molar-refractivity contribution in [2.45, 2.75) is 46.1 Å². The summed E-state index contributed by atoms with van der Waals surface area (Å²) < 4.78 is 5.61. The molecule has 1 unspecified atom stereocenters. The van der Waals surface area contributed by atoms with Gasteiger partial charge in [0, 0.05) is 10.7 Å². The molecule has 4 nitrogen and oxygen atoms in total. The van der Waals surface area contributed by atoms with Crippen LogP contribution in [-0.4, -0.2) is 17.3 Å². The van der Waals surface area contributed by atoms with Crippen molar-refractivity contribution in [3.63, 3.8) is 0 Å². The molecule has 0 amide bonds. The van der Waals surface area contributed by atoms with Gasteiger partial charge >= 0.3 is 5.97 Å². The fourth-order valence-corrected chi connectivity index (χ4v) is 3.72. The Hall–Kier alpha value is -1.90. The van der Waals surface area contributed by atoms with Crippen LogP contribution >= 0.6 is 23.4 Å². The van der Waals surface area contributed by atoms with E-state index in [1.54, 1.807) is 23.9 Å². The number of esters is 1. The molecule has 1 atom stereocenters. The Morgan fingerprint density at radius 3 is 2.46 bits per heavy atom. The van der Waals surface area contributed by atoms with E-state index in [0.717, 1.165) is 16.3 Å². The zero-order valence-electron chi connectivity index (χ0n) is 15.6. The number of hydrogen-bond acceptors (Lipinski definition) is 5. The molecular formula is C20H23ClN2O2S. The highest BCUT2D eigenvalue weighted by molar-refractivity contribution is 8.03. The van der Waals surface area contributed by atoms with Gasteiger partial charge in [-0.1, -0.05) is 30.7 Å². The van der Waals surface area contributed by atoms with Crippen molar-refractivity contribution in [3.05, 3.63) is 56.7 Å². The molecular weight excluding hydrogens is 368 g/mol. The van der Waals surface area contributed by atoms with Crippen LogP contribution in [0.2, 0.25) is 5.02 Å². The third kappa shape index (κ3) is 4.63. The smallest absolute Gasteiger partial charge is 0.337 e. The van der Waals surface area contributed by atoms with Crippen LogP contribution in [0.3, 0.4) is 0 Å². The number of hydrogen-bond donors (Lipinski definition) is 1. The first-order valence-electron chi connectivity index (χ1n) is 8.41. The van der Waals surface area contributed by atoms with Crippen LogP contribution in [0.4, 0.5) is 0 Å². The summed E-state index contributed by atoms with van der Waals surface area (Å²) in [7, 11) is 0. The molecule has 2 rings (SSSR count). The van der Waals surface area contributed by atoms with Crippen molar-refractivity contribution in [2.75, 3.05) is 5.75 Å². The highest BCUT2D eigenvalue weighted by Crippen LogP contribution is 2.41. The monoisotopic (exact) mass is 390 g/mol. The van der Waals surface area contributed by atoms with Crippen molar-refractivity contribution < 1.29 is 9.53 Å². The largest absolute Gasteiger partial charge is 0.457 e. The van der Waals surface area contributed by atoms with Crippen molar-refractivity contribution in [1.29, 1.82) is 5.26 Å². The SMILES string of the molecule is CCSC1=C(C#N)C(c2ccc(Cl)cc2)C(C(=O)OC(C)(C)C)=C(C)N1. The Kier molecular flexibility index (Phi) is 6.44. The maximum absolute atomic E-state index is 12.9. The summed E-state index contributed by atoms with van der Waals surface area (Å²) in [5, 5.41) is 14.4. The summed E-state index contributed by atoms with van der Waals surface area (Å²) in [6, 6.07) is 9.52. The van der Waals surface area contributed by atoms with Crippen molar-refractivity contribution in [2.24, 2.45) is 0 Å². The molecule has 1 aliphatic heterocycles. The average molecular weight is 391 g/mol. The number of thioether (sulfide) groups is 1. The van der Waals surface area contributed by atoms with E-state index in [1.807, 2.05) is 46.8 Å². The molecule has 0 aliphatic carbocycles. The highest BCUT2D eigenvalue weighted by Gasteiger charge is 2.36. The van der Waals surface area contributed by atoms with Crippen LogP contribution in [0.5, 0.6) is 0 Å². The van der Waals surface area contributed by atoms with Gasteiger partial charge in [-0.25, -0.2) is 4.79 Å². The Morgan fingerprint density at radius 1 is 1.35 bits per heavy atom. The molecule has 0 saturated heterocycles. The van der Waals surface area contributed by atoms with Gasteiger partial charge < -0.3 is 10.1 Å². The molecule has 6 heteroatoms. The van der Waals surface area contributed by atoms with Gasteiger partial charge in [0.2, 0.25) is 0 Å². The number of nitrogens with one attached hydrogen (secondary N) is 1. The van der Waals surface area contributed by atoms with E-state index in [2.05, 4.69) is 11.4 Å². The molecule has 1 N–H and O–H groups in total. The fourth-order valence-electron chi connectivity index (χ4n) is 2.76. The highest BCUT2D eigenvalue weighted by atomic mass is 35.5. The zero-order valence-corrected chi connectivity index (χ0v) is 17.2. The molecule has 138 valence electrons. The quantitative estimate of drug-likeness (QED) is 0.722. The number of rotatable bonds is 4. The van der Waals surface area contributed by atoms with E-state index in [0.29, 0.717) is 21.9 Å². The van der Waals surface area contributed by atoms with E-state index >= 15 is 0 Å². The van der Waals surface area contributed by atoms with Crippen LogP contribution < -0.4 is 5.32 Å². The number of carbonyl (C=O) groups excluding carboxylic acids is 1. The van der Waals surface area contributed by atoms with Gasteiger partial charge in [-0.15, -0.1) is 11.8 Å². The minimum absolute atomic E-state index is 0.421. The summed E-state index contributed by atoms with van der Waals surface area (Å²) in [5.74, 6) is -0.0891. The molecule has 1 aromatic carbocycles. The average Bonchev–Trinajstić information content (AvgIpc) is 2.53. The Balaban J connectivity index is 2.60. The number of nitriles is 1. The first-order valence-corrected chi connectivity index (χ1v) is 9.78. The molecule has 26 heavy (non-hydrogen) atoms. The van der Waals surface area contributed by atoms with Crippen molar-refractivity contribution in [3.8, 4) is 6.07 Å². The third-order valence-corrected chi connectivity index (χ3v) is 4.91. The summed E-state index contributed by atoms with van der Waals surface area (Å²) in [4.78, 5) is 12.9. The topological polar surface area (TPSA) is 62.1 Å². The Morgan fingerprint density at radius 2 is 1.96 bits per heavy atom. The predicted molar refractivity (Wildman–Crippen MR) is 107 cm³/mol. The molecule has 1 aliphatic rings. The van der Waals surface area contributed by atoms with Gasteiger partial charge in [0.1, 0.15) is 5.60 Å². The van der Waals surface area contributed by atoms with Crippen LogP contribution in [-0.2, 0) is 9.53 Å². The predicted octanol–water partition coefficient (Wildman–Crippen LogP) is 5.13. The molecule has 0 saturated carbocycles. The molecule has 0 spiro atoms. The normalized spacial score (nSPS) is 17.7. The summed E-state index contributed by atoms with van der Waals surface area (Å²) >= 11 is 7.57. The van der Waals surface area contributed by atoms with Crippen LogP contribution in [0.25, 0.3) is 0 Å². The number of halogens is 1. The number of benzene rings is 1. The van der Waals surface area contributed by atoms with Crippen LogP contribution in [0.1, 0.15) is 46.1 Å². The first kappa shape index (κ1) is 20.4. The lowest BCUT2D eigenvalue weighted by molar-refractivity contribution is -0.150. The summed E-state index contributed by atoms with van der Waals surface area (Å²) in [6.45, 7) is 9.34. The zero-order chi connectivity index (χ0) is 19.5. The van der Waals surface area contributed by atoms with Gasteiger partial charge in [0.05, 0.1) is 28.2 Å². The Labute approximate surface area is 164 Å². The lowest BCUT2D eigenvalue weighted by atomic mass is 9.82. The summed E-state index contributed by atoms with van der Waals surface area (Å²) in [5.41, 5.74) is 1.89. The standard InChI is InChI=1S/C20H23ClN2O2S/c1-6-26-18-15(11-22)17(13-7-9-14(21)10-8-13)16(12(2)23-18)19(24)25-20(3,4)5/h7-10,17,23H,6H2,1-5H3. The van der Waals surface area contributed by atoms with Gasteiger partial charge in [0.15, 0.2) is 0 Å². The number of nitrogens with zero attached hydrogens (tertiary/aromatic N) is 1. The van der Waals surface area contributed by atoms with E-state index < -0.39 is 17.5 Å². The van der Waals surface area contributed by atoms with E-state index in [1.165, 1.54) is 0 Å². The van der Waals surface area contributed by atoms with Gasteiger partial charge in [-0.2, -0.15) is 5.26 Å². The van der Waals surface area contributed by atoms with E-state index in [9.17, 15) is 10.1 Å². The maximum Gasteiger partial charge on any atom is 0.337 e. The second kappa shape index (κ2) is 8.20. The molecule has 0 bridgehead atoms. The number of carbonyl (C=O) groups is 1. The minimum atomic E-state index is -0.621. The lowest BCUT2D eigenvalue weighted by Gasteiger charge is -2.31. The number of dihydropyridines is 1. The van der Waals surface area contributed by atoms with Crippen molar-refractivity contribution in [1.82, 2.24) is 5.32 Å². The molecule has 1 aromatic rings. The fraction of sp³-hybridized carbons (Fsp3) is 0.400. The third-order valence-electron chi connectivity index (χ3n) is 3.76. The molecule has 1 heterocycles. The Bertz CT molecular complexity index is 799. The van der Waals surface area contributed by atoms with Gasteiger partial charge in [-0.3, -0.25) is 0 Å². The lowest BCUT2D eigenvalue weighted by Crippen LogP contribution is -2.32. The van der Waals surface area contributed by atoms with Gasteiger partial charge in [0.25, 0.3) is 0 Å². The summed E-state index contributed by atoms with van der Waals surface area (Å²) in [6.07, 6.45) is 0. The van der Waals surface area contributed by atoms with Crippen LogP contribution in [0.15, 0.2) is 46.1 Å². The molecule has 0 fully saturated rings. The number of allylic oxidation sites excluding steroid dienone is 2. The second-order valence-electron chi connectivity index (χ2n) is 6.94. The maximum atomic E-state index is 12.9. The van der Waals surface area contributed by atoms with Crippen molar-refractivity contribution >= 4 is 29.3 Å². The molecule has 0 aromatic heterocycles. The van der Waals surface area contributed by atoms with Gasteiger partial charge in [-0.05, 0) is 51.1 Å². The molecule has 0 radical (unpaired) electrons. The van der Waals surface area contributed by atoms with E-state index in [-0.39, 0.29) is 0 Å². The van der Waals surface area contributed by atoms with Crippen LogP contribution in [0, 0.1) is 11.3 Å². The first-order chi connectivity index (χ1) is 12.2. The second-order valence-corrected chi connectivity index (χ2v) is 8.65. The minimum Gasteiger partial charge on any atom is -0.457 e.